The number of benzene rings is 1. The number of carbonyl (C=O) groups excluding carboxylic acids is 2. The van der Waals surface area contributed by atoms with Crippen LogP contribution in [0.4, 0.5) is 11.4 Å². The minimum absolute atomic E-state index is 0.0689. The van der Waals surface area contributed by atoms with Gasteiger partial charge in [0, 0.05) is 23.1 Å². The van der Waals surface area contributed by atoms with Gasteiger partial charge in [0.1, 0.15) is 10.6 Å². The molecule has 0 fully saturated rings. The van der Waals surface area contributed by atoms with Crippen molar-refractivity contribution in [1.82, 2.24) is 0 Å². The number of nitro groups is 1. The summed E-state index contributed by atoms with van der Waals surface area (Å²) >= 11 is 1.08. The van der Waals surface area contributed by atoms with Gasteiger partial charge in [0.2, 0.25) is 5.91 Å². The number of anilines is 1. The summed E-state index contributed by atoms with van der Waals surface area (Å²) in [5.74, 6) is -0.539. The highest BCUT2D eigenvalue weighted by Gasteiger charge is 2.20. The minimum atomic E-state index is -0.584. The number of amides is 1. The summed E-state index contributed by atoms with van der Waals surface area (Å²) in [5.41, 5.74) is 0.756. The van der Waals surface area contributed by atoms with Gasteiger partial charge < -0.3 is 14.5 Å². The molecule has 2 heterocycles. The molecule has 1 amide bonds. The highest BCUT2D eigenvalue weighted by Crippen LogP contribution is 2.36. The summed E-state index contributed by atoms with van der Waals surface area (Å²) < 4.78 is 10.2. The van der Waals surface area contributed by atoms with Gasteiger partial charge in [-0.15, -0.1) is 11.3 Å². The van der Waals surface area contributed by atoms with E-state index < -0.39 is 16.8 Å². The summed E-state index contributed by atoms with van der Waals surface area (Å²) in [6.07, 6.45) is 4.26. The molecular weight excluding hydrogens is 396 g/mol. The summed E-state index contributed by atoms with van der Waals surface area (Å²) in [7, 11) is 0. The first-order valence-corrected chi connectivity index (χ1v) is 9.38. The number of nitrogens with zero attached hydrogens (tertiary/aromatic N) is 1. The second-order valence-electron chi connectivity index (χ2n) is 5.72. The molecule has 0 atom stereocenters. The van der Waals surface area contributed by atoms with Crippen molar-refractivity contribution in [1.29, 1.82) is 0 Å². The monoisotopic (exact) mass is 412 g/mol. The van der Waals surface area contributed by atoms with Crippen molar-refractivity contribution in [2.75, 3.05) is 11.9 Å². The maximum absolute atomic E-state index is 12.3. The van der Waals surface area contributed by atoms with Gasteiger partial charge in [0.15, 0.2) is 0 Å². The summed E-state index contributed by atoms with van der Waals surface area (Å²) in [6, 6.07) is 11.0. The molecule has 0 bridgehead atoms. The molecule has 8 nitrogen and oxygen atoms in total. The zero-order valence-electron chi connectivity index (χ0n) is 15.3. The average molecular weight is 412 g/mol. The molecule has 1 aromatic carbocycles. The Morgan fingerprint density at radius 1 is 1.28 bits per heavy atom. The van der Waals surface area contributed by atoms with E-state index in [-0.39, 0.29) is 22.9 Å². The molecule has 0 unspecified atom stereocenters. The molecule has 0 aliphatic heterocycles. The number of hydrogen-bond donors (Lipinski definition) is 1. The largest absolute Gasteiger partial charge is 0.465 e. The number of rotatable bonds is 7. The summed E-state index contributed by atoms with van der Waals surface area (Å²) in [4.78, 5) is 35.9. The van der Waals surface area contributed by atoms with Crippen LogP contribution in [0.25, 0.3) is 16.5 Å². The average Bonchev–Trinajstić information content (AvgIpc) is 3.36. The smallest absolute Gasteiger partial charge is 0.350 e. The maximum atomic E-state index is 12.3. The van der Waals surface area contributed by atoms with E-state index in [0.717, 1.165) is 11.3 Å². The molecule has 2 aromatic heterocycles. The van der Waals surface area contributed by atoms with E-state index in [1.54, 1.807) is 37.3 Å². The Hall–Kier alpha value is -3.72. The van der Waals surface area contributed by atoms with Crippen LogP contribution >= 0.6 is 11.3 Å². The normalized spacial score (nSPS) is 10.8. The van der Waals surface area contributed by atoms with Gasteiger partial charge in [0.25, 0.3) is 5.69 Å². The SMILES string of the molecule is CCOC(=O)c1sc(-c2cccc([N+](=O)[O-])c2)cc1NC(=O)/C=C/c1ccco1. The highest BCUT2D eigenvalue weighted by atomic mass is 32.1. The number of nitrogens with one attached hydrogen (secondary N) is 1. The van der Waals surface area contributed by atoms with E-state index >= 15 is 0 Å². The third kappa shape index (κ3) is 4.96. The third-order valence-electron chi connectivity index (χ3n) is 3.73. The third-order valence-corrected chi connectivity index (χ3v) is 4.90. The second-order valence-corrected chi connectivity index (χ2v) is 6.77. The van der Waals surface area contributed by atoms with Crippen LogP contribution in [0.1, 0.15) is 22.4 Å². The lowest BCUT2D eigenvalue weighted by atomic mass is 10.1. The molecule has 1 N–H and O–H groups in total. The van der Waals surface area contributed by atoms with Crippen LogP contribution in [-0.2, 0) is 9.53 Å². The number of non-ortho nitro benzene ring substituents is 1. The van der Waals surface area contributed by atoms with E-state index in [0.29, 0.717) is 16.2 Å². The van der Waals surface area contributed by atoms with Crippen molar-refractivity contribution >= 4 is 40.7 Å². The molecule has 0 aliphatic rings. The van der Waals surface area contributed by atoms with Gasteiger partial charge in [-0.05, 0) is 36.8 Å². The zero-order chi connectivity index (χ0) is 20.8. The Balaban J connectivity index is 1.90. The topological polar surface area (TPSA) is 112 Å². The molecule has 9 heteroatoms. The number of ether oxygens (including phenoxy) is 1. The van der Waals surface area contributed by atoms with Gasteiger partial charge in [-0.1, -0.05) is 12.1 Å². The quantitative estimate of drug-likeness (QED) is 0.259. The van der Waals surface area contributed by atoms with E-state index in [1.165, 1.54) is 30.5 Å². The first kappa shape index (κ1) is 20.0. The Morgan fingerprint density at radius 2 is 2.10 bits per heavy atom. The van der Waals surface area contributed by atoms with Crippen molar-refractivity contribution in [2.45, 2.75) is 6.92 Å². The lowest BCUT2D eigenvalue weighted by Crippen LogP contribution is -2.11. The van der Waals surface area contributed by atoms with Crippen molar-refractivity contribution < 1.29 is 23.7 Å². The lowest BCUT2D eigenvalue weighted by molar-refractivity contribution is -0.384. The molecule has 0 saturated heterocycles. The number of nitro benzene ring substituents is 1. The second kappa shape index (κ2) is 8.98. The van der Waals surface area contributed by atoms with Crippen LogP contribution in [0.3, 0.4) is 0 Å². The number of furan rings is 1. The molecule has 0 radical (unpaired) electrons. The Bertz CT molecular complexity index is 1070. The number of esters is 1. The summed E-state index contributed by atoms with van der Waals surface area (Å²) in [6.45, 7) is 1.85. The van der Waals surface area contributed by atoms with Crippen molar-refractivity contribution in [2.24, 2.45) is 0 Å². The van der Waals surface area contributed by atoms with Gasteiger partial charge in [-0.25, -0.2) is 4.79 Å². The Labute approximate surface area is 169 Å². The standard InChI is InChI=1S/C20H16N2O6S/c1-2-27-20(24)19-16(21-18(23)9-8-15-7-4-10-28-15)12-17(29-19)13-5-3-6-14(11-13)22(25)26/h3-12H,2H2,1H3,(H,21,23)/b9-8+. The van der Waals surface area contributed by atoms with Gasteiger partial charge in [-0.2, -0.15) is 0 Å². The molecule has 3 aromatic rings. The molecular formula is C20H16N2O6S. The van der Waals surface area contributed by atoms with Gasteiger partial charge in [-0.3, -0.25) is 14.9 Å². The van der Waals surface area contributed by atoms with Gasteiger partial charge >= 0.3 is 5.97 Å². The van der Waals surface area contributed by atoms with Gasteiger partial charge in [0.05, 0.1) is 23.5 Å². The van der Waals surface area contributed by atoms with Crippen LogP contribution < -0.4 is 5.32 Å². The van der Waals surface area contributed by atoms with Crippen molar-refractivity contribution in [3.8, 4) is 10.4 Å². The van der Waals surface area contributed by atoms with E-state index in [2.05, 4.69) is 5.32 Å². The predicted octanol–water partition coefficient (Wildman–Crippen LogP) is 4.74. The molecule has 148 valence electrons. The van der Waals surface area contributed by atoms with Crippen LogP contribution in [0.5, 0.6) is 0 Å². The van der Waals surface area contributed by atoms with Crippen LogP contribution in [0.2, 0.25) is 0 Å². The van der Waals surface area contributed by atoms with E-state index in [1.807, 2.05) is 0 Å². The predicted molar refractivity (Wildman–Crippen MR) is 109 cm³/mol. The Morgan fingerprint density at radius 3 is 2.79 bits per heavy atom. The minimum Gasteiger partial charge on any atom is -0.465 e. The molecule has 29 heavy (non-hydrogen) atoms. The fourth-order valence-electron chi connectivity index (χ4n) is 2.47. The van der Waals surface area contributed by atoms with E-state index in [9.17, 15) is 19.7 Å². The first-order valence-electron chi connectivity index (χ1n) is 8.56. The Kier molecular flexibility index (Phi) is 6.20. The summed E-state index contributed by atoms with van der Waals surface area (Å²) in [5, 5.41) is 13.7. The lowest BCUT2D eigenvalue weighted by Gasteiger charge is -2.03. The highest BCUT2D eigenvalue weighted by molar-refractivity contribution is 7.18. The van der Waals surface area contributed by atoms with Crippen LogP contribution in [-0.4, -0.2) is 23.4 Å². The fraction of sp³-hybridized carbons (Fsp3) is 0.100. The van der Waals surface area contributed by atoms with Crippen LogP contribution in [0.15, 0.2) is 59.2 Å². The zero-order valence-corrected chi connectivity index (χ0v) is 16.1. The molecule has 0 aliphatic carbocycles. The molecule has 0 spiro atoms. The van der Waals surface area contributed by atoms with Crippen LogP contribution in [0, 0.1) is 10.1 Å². The number of thiophene rings is 1. The molecule has 3 rings (SSSR count). The number of carbonyl (C=O) groups is 2. The number of hydrogen-bond acceptors (Lipinski definition) is 7. The maximum Gasteiger partial charge on any atom is 0.350 e. The fourth-order valence-corrected chi connectivity index (χ4v) is 3.47. The van der Waals surface area contributed by atoms with Crippen molar-refractivity contribution in [3.05, 3.63) is 75.6 Å². The molecule has 0 saturated carbocycles. The van der Waals surface area contributed by atoms with E-state index in [4.69, 9.17) is 9.15 Å². The van der Waals surface area contributed by atoms with Crippen molar-refractivity contribution in [3.63, 3.8) is 0 Å². The first-order chi connectivity index (χ1) is 14.0.